The van der Waals surface area contributed by atoms with Crippen molar-refractivity contribution in [3.63, 3.8) is 0 Å². The second-order valence-electron chi connectivity index (χ2n) is 23.1. The highest BCUT2D eigenvalue weighted by molar-refractivity contribution is 5.82. The van der Waals surface area contributed by atoms with E-state index in [2.05, 4.69) is 34.6 Å². The molecule has 18 heteroatoms. The fourth-order valence-electron chi connectivity index (χ4n) is 15.1. The third-order valence-electron chi connectivity index (χ3n) is 18.8. The number of allylic oxidation sites excluding steroid dienone is 1. The van der Waals surface area contributed by atoms with Crippen molar-refractivity contribution in [1.82, 2.24) is 0 Å². The molecule has 4 aliphatic heterocycles. The lowest BCUT2D eigenvalue weighted by Crippen LogP contribution is -2.68. The Balaban J connectivity index is 1.07. The molecular formula is C49H78O18. The molecular weight excluding hydrogens is 877 g/mol. The average molecular weight is 955 g/mol. The number of rotatable bonds is 10. The SMILES string of the molecule is CC(=O)OC[C@H]1O[C@@H](O[C@H]2CC[C@]3(C)[C@H]4CCC5[C@@H]([C@@]6(O)C[C@@H](C=C(C)C)OC6=O)CC[C@@]5(C)[C@]4(C)CC[C@H]3C2(C)C)[C@H](O[C@@H]2O[C@@H](C)[C@H](O)[C@@H](O)[C@H]2O)[C@@H](O[C@@H]2OC[C@@H](O)[C@H](O)[C@H]2O)[C@@H]1O. The summed E-state index contributed by atoms with van der Waals surface area (Å²) in [7, 11) is 0. The third-order valence-corrected chi connectivity index (χ3v) is 18.8. The van der Waals surface area contributed by atoms with E-state index in [0.29, 0.717) is 12.3 Å². The van der Waals surface area contributed by atoms with Crippen LogP contribution in [0, 0.1) is 45.3 Å². The van der Waals surface area contributed by atoms with E-state index >= 15 is 0 Å². The van der Waals surface area contributed by atoms with Crippen LogP contribution in [0.1, 0.15) is 120 Å². The molecule has 4 heterocycles. The predicted octanol–water partition coefficient (Wildman–Crippen LogP) is 1.76. The van der Waals surface area contributed by atoms with Crippen molar-refractivity contribution < 1.29 is 88.3 Å². The minimum atomic E-state index is -1.78. The molecule has 8 rings (SSSR count). The summed E-state index contributed by atoms with van der Waals surface area (Å²) < 4.78 is 48.7. The van der Waals surface area contributed by atoms with Crippen LogP contribution in [0.15, 0.2) is 11.6 Å². The van der Waals surface area contributed by atoms with E-state index in [0.717, 1.165) is 50.5 Å². The van der Waals surface area contributed by atoms with Gasteiger partial charge in [-0.05, 0) is 118 Å². The lowest BCUT2D eigenvalue weighted by Gasteiger charge is -2.70. The van der Waals surface area contributed by atoms with Crippen molar-refractivity contribution in [2.24, 2.45) is 45.3 Å². The van der Waals surface area contributed by atoms with E-state index < -0.39 is 134 Å². The van der Waals surface area contributed by atoms with Crippen molar-refractivity contribution in [1.29, 1.82) is 0 Å². The predicted molar refractivity (Wildman–Crippen MR) is 234 cm³/mol. The summed E-state index contributed by atoms with van der Waals surface area (Å²) in [6.45, 7) is 17.4. The summed E-state index contributed by atoms with van der Waals surface area (Å²) in [4.78, 5) is 25.6. The van der Waals surface area contributed by atoms with Crippen molar-refractivity contribution in [3.05, 3.63) is 11.6 Å². The van der Waals surface area contributed by atoms with Crippen LogP contribution in [0.25, 0.3) is 0 Å². The van der Waals surface area contributed by atoms with Crippen molar-refractivity contribution in [3.8, 4) is 0 Å². The summed E-state index contributed by atoms with van der Waals surface area (Å²) in [6, 6.07) is 0. The monoisotopic (exact) mass is 955 g/mol. The molecule has 4 saturated heterocycles. The zero-order valence-corrected chi connectivity index (χ0v) is 40.6. The molecule has 4 aliphatic carbocycles. The molecule has 67 heavy (non-hydrogen) atoms. The first-order chi connectivity index (χ1) is 31.3. The zero-order valence-electron chi connectivity index (χ0n) is 40.6. The summed E-state index contributed by atoms with van der Waals surface area (Å²) in [5, 5.41) is 88.2. The van der Waals surface area contributed by atoms with Crippen LogP contribution < -0.4 is 0 Å². The second kappa shape index (κ2) is 18.6. The van der Waals surface area contributed by atoms with Crippen LogP contribution in [0.5, 0.6) is 0 Å². The van der Waals surface area contributed by atoms with Gasteiger partial charge in [0, 0.05) is 19.3 Å². The molecule has 0 aromatic rings. The van der Waals surface area contributed by atoms with Crippen LogP contribution in [0.2, 0.25) is 0 Å². The van der Waals surface area contributed by atoms with Gasteiger partial charge in [-0.2, -0.15) is 0 Å². The highest BCUT2D eigenvalue weighted by Gasteiger charge is 2.71. The Morgan fingerprint density at radius 2 is 1.37 bits per heavy atom. The topological polar surface area (TPSA) is 270 Å². The van der Waals surface area contributed by atoms with Crippen LogP contribution >= 0.6 is 0 Å². The molecule has 1 unspecified atom stereocenters. The summed E-state index contributed by atoms with van der Waals surface area (Å²) >= 11 is 0. The first-order valence-electron chi connectivity index (χ1n) is 24.7. The van der Waals surface area contributed by atoms with E-state index in [-0.39, 0.29) is 40.4 Å². The summed E-state index contributed by atoms with van der Waals surface area (Å²) in [5.74, 6) is -0.695. The van der Waals surface area contributed by atoms with Crippen molar-refractivity contribution >= 4 is 11.9 Å². The van der Waals surface area contributed by atoms with Gasteiger partial charge in [0.1, 0.15) is 73.8 Å². The van der Waals surface area contributed by atoms with E-state index in [1.807, 2.05) is 19.9 Å². The molecule has 4 saturated carbocycles. The lowest BCUT2D eigenvalue weighted by atomic mass is 9.35. The van der Waals surface area contributed by atoms with Gasteiger partial charge in [-0.1, -0.05) is 40.2 Å². The van der Waals surface area contributed by atoms with Crippen LogP contribution in [-0.4, -0.2) is 170 Å². The fraction of sp³-hybridized carbons (Fsp3) is 0.918. The second-order valence-corrected chi connectivity index (χ2v) is 23.1. The van der Waals surface area contributed by atoms with Crippen LogP contribution in [0.4, 0.5) is 0 Å². The van der Waals surface area contributed by atoms with Gasteiger partial charge < -0.3 is 78.7 Å². The Hall–Kier alpha value is -1.88. The van der Waals surface area contributed by atoms with Gasteiger partial charge in [-0.15, -0.1) is 0 Å². The molecule has 8 aliphatic rings. The number of carbonyl (C=O) groups is 2. The molecule has 0 bridgehead atoms. The van der Waals surface area contributed by atoms with Gasteiger partial charge in [0.05, 0.1) is 18.8 Å². The molecule has 18 nitrogen and oxygen atoms in total. The number of aliphatic hydroxyl groups is 8. The number of hydrogen-bond acceptors (Lipinski definition) is 18. The van der Waals surface area contributed by atoms with E-state index in [9.17, 15) is 50.4 Å². The molecule has 8 N–H and O–H groups in total. The van der Waals surface area contributed by atoms with Gasteiger partial charge >= 0.3 is 11.9 Å². The van der Waals surface area contributed by atoms with E-state index in [1.54, 1.807) is 0 Å². The minimum absolute atomic E-state index is 0.0839. The Bertz CT molecular complexity index is 1840. The molecule has 0 radical (unpaired) electrons. The quantitative estimate of drug-likeness (QED) is 0.0881. The molecule has 0 aromatic heterocycles. The first kappa shape index (κ1) is 51.5. The standard InChI is InChI=1S/C49H78O18/c1-22(2)18-25-19-49(59,44(58)63-25)27-12-16-47(8)26(27)10-11-31-46(7)15-14-32(45(5,6)30(46)13-17-48(31,47)9)65-43-40(67-42-38(57)36(55)33(52)23(3)62-42)39(35(54)29(64-43)21-60-24(4)50)66-41-37(56)34(53)28(51)20-61-41/h18,23,25-43,51-57,59H,10-17,19-21H2,1-9H3/t23-,25+,26?,27-,28+,29+,30-,31+,32-,33-,34-,35+,36+,37+,38+,39-,40+,41-,42-,43-,46-,47+,48+,49-/m0/s1. The smallest absolute Gasteiger partial charge is 0.339 e. The molecule has 0 spiro atoms. The summed E-state index contributed by atoms with van der Waals surface area (Å²) in [5.41, 5.74) is -1.32. The highest BCUT2D eigenvalue weighted by Crippen LogP contribution is 2.76. The highest BCUT2D eigenvalue weighted by atomic mass is 16.8. The van der Waals surface area contributed by atoms with Crippen molar-refractivity contribution in [2.75, 3.05) is 13.2 Å². The normalized spacial score (nSPS) is 52.9. The molecule has 8 fully saturated rings. The lowest BCUT2D eigenvalue weighted by molar-refractivity contribution is -0.395. The molecule has 0 aromatic carbocycles. The van der Waals surface area contributed by atoms with E-state index in [4.69, 9.17) is 37.9 Å². The molecule has 382 valence electrons. The van der Waals surface area contributed by atoms with Crippen LogP contribution in [-0.2, 0) is 47.5 Å². The zero-order chi connectivity index (χ0) is 48.9. The summed E-state index contributed by atoms with van der Waals surface area (Å²) in [6.07, 6.45) is -13.4. The molecule has 24 atom stereocenters. The van der Waals surface area contributed by atoms with Gasteiger partial charge in [0.2, 0.25) is 0 Å². The number of aliphatic hydroxyl groups excluding tert-OH is 7. The number of hydrogen-bond donors (Lipinski definition) is 8. The third kappa shape index (κ3) is 8.65. The van der Waals surface area contributed by atoms with E-state index in [1.165, 1.54) is 13.8 Å². The van der Waals surface area contributed by atoms with Gasteiger partial charge in [0.15, 0.2) is 24.5 Å². The fourth-order valence-corrected chi connectivity index (χ4v) is 15.1. The van der Waals surface area contributed by atoms with Gasteiger partial charge in [-0.25, -0.2) is 4.79 Å². The number of fused-ring (bicyclic) bond motifs is 5. The Labute approximate surface area is 393 Å². The van der Waals surface area contributed by atoms with Crippen LogP contribution in [0.3, 0.4) is 0 Å². The maximum Gasteiger partial charge on any atom is 0.339 e. The Morgan fingerprint density at radius 3 is 2.06 bits per heavy atom. The number of ether oxygens (including phenoxy) is 8. The number of carbonyl (C=O) groups excluding carboxylic acids is 2. The Kier molecular flexibility index (Phi) is 14.3. The number of esters is 2. The van der Waals surface area contributed by atoms with Gasteiger partial charge in [-0.3, -0.25) is 4.79 Å². The maximum absolute atomic E-state index is 13.5. The minimum Gasteiger partial charge on any atom is -0.463 e. The molecule has 0 amide bonds. The maximum atomic E-state index is 13.5. The largest absolute Gasteiger partial charge is 0.463 e. The Morgan fingerprint density at radius 1 is 0.701 bits per heavy atom. The van der Waals surface area contributed by atoms with Gasteiger partial charge in [0.25, 0.3) is 0 Å². The number of cyclic esters (lactones) is 1. The average Bonchev–Trinajstić information content (AvgIpc) is 3.76. The van der Waals surface area contributed by atoms with Crippen molar-refractivity contribution in [2.45, 2.75) is 224 Å². The first-order valence-corrected chi connectivity index (χ1v) is 24.7.